The molecule has 2 heterocycles. The summed E-state index contributed by atoms with van der Waals surface area (Å²) in [5.74, 6) is -0.221. The van der Waals surface area contributed by atoms with Gasteiger partial charge in [0.05, 0.1) is 32.0 Å². The minimum Gasteiger partial charge on any atom is -0.394 e. The molecular weight excluding hydrogens is 1040 g/mol. The van der Waals surface area contributed by atoms with Crippen LogP contribution < -0.4 is 5.32 Å². The molecule has 0 aromatic heterocycles. The molecule has 0 aromatic rings. The van der Waals surface area contributed by atoms with Crippen LogP contribution in [0.3, 0.4) is 0 Å². The van der Waals surface area contributed by atoms with Crippen LogP contribution in [0.2, 0.25) is 0 Å². The number of carbonyl (C=O) groups is 1. The summed E-state index contributed by atoms with van der Waals surface area (Å²) in [5.41, 5.74) is 0. The first-order valence-corrected chi connectivity index (χ1v) is 33.2. The van der Waals surface area contributed by atoms with E-state index in [-0.39, 0.29) is 18.9 Å². The molecule has 0 bridgehead atoms. The molecule has 0 spiro atoms. The average molecular weight is 1160 g/mol. The first-order chi connectivity index (χ1) is 40.1. The smallest absolute Gasteiger partial charge is 0.220 e. The second-order valence-electron chi connectivity index (χ2n) is 23.2. The topological polar surface area (TPSA) is 228 Å². The number of carbonyl (C=O) groups excluding carboxylic acids is 1. The number of allylic oxidation sites excluding steroid dienone is 12. The lowest BCUT2D eigenvalue weighted by Gasteiger charge is -2.46. The number of aliphatic hydroxyl groups is 8. The van der Waals surface area contributed by atoms with Crippen molar-refractivity contribution >= 4 is 5.91 Å². The molecule has 2 rings (SSSR count). The Labute approximate surface area is 498 Å². The van der Waals surface area contributed by atoms with Crippen LogP contribution in [0.4, 0.5) is 0 Å². The zero-order chi connectivity index (χ0) is 59.5. The molecule has 0 aliphatic carbocycles. The van der Waals surface area contributed by atoms with Gasteiger partial charge in [-0.05, 0) is 64.2 Å². The molecular formula is C68H121NO13. The summed E-state index contributed by atoms with van der Waals surface area (Å²) >= 11 is 0. The maximum atomic E-state index is 13.3. The second kappa shape index (κ2) is 52.7. The second-order valence-corrected chi connectivity index (χ2v) is 23.2. The minimum absolute atomic E-state index is 0.221. The first kappa shape index (κ1) is 75.5. The van der Waals surface area contributed by atoms with Crippen molar-refractivity contribution in [1.29, 1.82) is 0 Å². The van der Waals surface area contributed by atoms with Crippen LogP contribution in [-0.4, -0.2) is 140 Å². The van der Waals surface area contributed by atoms with E-state index in [2.05, 4.69) is 92.1 Å². The molecule has 0 saturated carbocycles. The maximum absolute atomic E-state index is 13.3. The van der Waals surface area contributed by atoms with Gasteiger partial charge in [-0.2, -0.15) is 0 Å². The van der Waals surface area contributed by atoms with Crippen LogP contribution in [-0.2, 0) is 23.7 Å². The fraction of sp³-hybridized carbons (Fsp3) is 0.809. The number of amides is 1. The summed E-state index contributed by atoms with van der Waals surface area (Å²) in [5, 5.41) is 87.5. The standard InChI is InChI=1S/C68H121NO13/c1-3-5-7-9-11-13-15-17-19-21-23-25-27-28-30-32-34-36-38-40-42-44-46-48-50-52-60(73)69-56(55-79-67-65(78)63(76)66(59(54-71)81-67)82-68-64(77)62(75)61(74)58(53-70)80-68)57(72)51-49-47-45-43-41-39-37-35-33-31-29-26-24-22-20-18-16-14-12-10-8-6-4-2/h5,7,11,13,17,19,23,25,28,30,34,36,56-59,61-68,70-72,74-78H,3-4,6,8-10,12,14-16,18,20-22,24,26-27,29,31-33,35,37-55H2,1-2H3,(H,69,73)/b7-5-,13-11-,19-17-,25-23-,30-28-,36-34-. The predicted octanol–water partition coefficient (Wildman–Crippen LogP) is 12.7. The van der Waals surface area contributed by atoms with Gasteiger partial charge in [-0.25, -0.2) is 0 Å². The highest BCUT2D eigenvalue weighted by Crippen LogP contribution is 2.30. The molecule has 2 aliphatic heterocycles. The fourth-order valence-electron chi connectivity index (χ4n) is 10.7. The highest BCUT2D eigenvalue weighted by molar-refractivity contribution is 5.76. The quantitative estimate of drug-likeness (QED) is 0.0204. The monoisotopic (exact) mass is 1160 g/mol. The zero-order valence-electron chi connectivity index (χ0n) is 51.5. The van der Waals surface area contributed by atoms with Crippen LogP contribution in [0.5, 0.6) is 0 Å². The van der Waals surface area contributed by atoms with E-state index in [4.69, 9.17) is 18.9 Å². The van der Waals surface area contributed by atoms with Crippen LogP contribution in [0, 0.1) is 0 Å². The summed E-state index contributed by atoms with van der Waals surface area (Å²) in [6.07, 6.45) is 53.2. The fourth-order valence-corrected chi connectivity index (χ4v) is 10.7. The molecule has 1 amide bonds. The molecule has 0 aromatic carbocycles. The van der Waals surface area contributed by atoms with Gasteiger partial charge in [0.1, 0.15) is 48.8 Å². The largest absolute Gasteiger partial charge is 0.394 e. The Kier molecular flexibility index (Phi) is 48.6. The number of nitrogens with one attached hydrogen (secondary N) is 1. The van der Waals surface area contributed by atoms with Gasteiger partial charge in [-0.1, -0.05) is 260 Å². The van der Waals surface area contributed by atoms with Crippen molar-refractivity contribution in [2.75, 3.05) is 19.8 Å². The first-order valence-electron chi connectivity index (χ1n) is 33.2. The Hall–Kier alpha value is -2.57. The number of unbranched alkanes of at least 4 members (excludes halogenated alkanes) is 28. The van der Waals surface area contributed by atoms with Crippen molar-refractivity contribution in [3.8, 4) is 0 Å². The number of rotatable bonds is 53. The summed E-state index contributed by atoms with van der Waals surface area (Å²) < 4.78 is 22.9. The van der Waals surface area contributed by atoms with Crippen LogP contribution >= 0.6 is 0 Å². The molecule has 12 atom stereocenters. The third kappa shape index (κ3) is 37.1. The van der Waals surface area contributed by atoms with Crippen molar-refractivity contribution in [2.45, 2.75) is 331 Å². The van der Waals surface area contributed by atoms with Gasteiger partial charge >= 0.3 is 0 Å². The number of hydrogen-bond donors (Lipinski definition) is 9. The van der Waals surface area contributed by atoms with Crippen molar-refractivity contribution in [1.82, 2.24) is 5.32 Å². The minimum atomic E-state index is -1.79. The van der Waals surface area contributed by atoms with Gasteiger partial charge in [0, 0.05) is 6.42 Å². The molecule has 2 aliphatic rings. The van der Waals surface area contributed by atoms with E-state index in [1.54, 1.807) is 0 Å². The van der Waals surface area contributed by atoms with E-state index in [1.807, 2.05) is 0 Å². The molecule has 2 saturated heterocycles. The third-order valence-electron chi connectivity index (χ3n) is 15.9. The van der Waals surface area contributed by atoms with E-state index in [0.29, 0.717) is 12.8 Å². The molecule has 14 heteroatoms. The Morgan fingerprint density at radius 2 is 0.841 bits per heavy atom. The van der Waals surface area contributed by atoms with Crippen molar-refractivity contribution in [3.63, 3.8) is 0 Å². The zero-order valence-corrected chi connectivity index (χ0v) is 51.5. The Balaban J connectivity index is 1.72. The molecule has 12 unspecified atom stereocenters. The lowest BCUT2D eigenvalue weighted by Crippen LogP contribution is -2.65. The normalized spacial score (nSPS) is 24.4. The highest BCUT2D eigenvalue weighted by atomic mass is 16.7. The Morgan fingerprint density at radius 1 is 0.451 bits per heavy atom. The van der Waals surface area contributed by atoms with E-state index in [9.17, 15) is 45.6 Å². The van der Waals surface area contributed by atoms with Gasteiger partial charge in [0.2, 0.25) is 5.91 Å². The van der Waals surface area contributed by atoms with Gasteiger partial charge in [-0.15, -0.1) is 0 Å². The molecule has 0 radical (unpaired) electrons. The molecule has 14 nitrogen and oxygen atoms in total. The number of hydrogen-bond acceptors (Lipinski definition) is 13. The molecule has 82 heavy (non-hydrogen) atoms. The van der Waals surface area contributed by atoms with E-state index in [0.717, 1.165) is 103 Å². The van der Waals surface area contributed by atoms with Crippen molar-refractivity contribution < 1.29 is 64.6 Å². The summed E-state index contributed by atoms with van der Waals surface area (Å²) in [4.78, 5) is 13.3. The molecule has 2 fully saturated rings. The maximum Gasteiger partial charge on any atom is 0.220 e. The van der Waals surface area contributed by atoms with Gasteiger partial charge in [0.25, 0.3) is 0 Å². The number of aliphatic hydroxyl groups excluding tert-OH is 8. The summed E-state index contributed by atoms with van der Waals surface area (Å²) in [7, 11) is 0. The van der Waals surface area contributed by atoms with Gasteiger partial charge < -0.3 is 65.1 Å². The lowest BCUT2D eigenvalue weighted by atomic mass is 9.97. The molecule has 476 valence electrons. The van der Waals surface area contributed by atoms with Gasteiger partial charge in [-0.3, -0.25) is 4.79 Å². The third-order valence-corrected chi connectivity index (χ3v) is 15.9. The van der Waals surface area contributed by atoms with Crippen LogP contribution in [0.1, 0.15) is 258 Å². The Bertz CT molecular complexity index is 1650. The van der Waals surface area contributed by atoms with E-state index >= 15 is 0 Å². The van der Waals surface area contributed by atoms with E-state index in [1.165, 1.54) is 122 Å². The van der Waals surface area contributed by atoms with Crippen LogP contribution in [0.25, 0.3) is 0 Å². The number of ether oxygens (including phenoxy) is 4. The van der Waals surface area contributed by atoms with Crippen molar-refractivity contribution in [3.05, 3.63) is 72.9 Å². The van der Waals surface area contributed by atoms with Crippen molar-refractivity contribution in [2.24, 2.45) is 0 Å². The summed E-state index contributed by atoms with van der Waals surface area (Å²) in [6.45, 7) is 2.76. The highest BCUT2D eigenvalue weighted by Gasteiger charge is 2.51. The predicted molar refractivity (Wildman–Crippen MR) is 332 cm³/mol. The SMILES string of the molecule is CC/C=C\C/C=C\C/C=C\C/C=C\C/C=C\C/C=C\CCCCCCCCC(=O)NC(COC1OC(CO)C(OC2OC(CO)C(O)C(O)C2O)C(O)C1O)C(O)CCCCCCCCCCCCCCCCCCCCCCCCC. The lowest BCUT2D eigenvalue weighted by molar-refractivity contribution is -0.359. The van der Waals surface area contributed by atoms with Gasteiger partial charge in [0.15, 0.2) is 12.6 Å². The molecule has 9 N–H and O–H groups in total. The Morgan fingerprint density at radius 3 is 1.29 bits per heavy atom. The summed E-state index contributed by atoms with van der Waals surface area (Å²) in [6, 6.07) is -0.843. The van der Waals surface area contributed by atoms with E-state index < -0.39 is 86.8 Å². The van der Waals surface area contributed by atoms with Crippen LogP contribution in [0.15, 0.2) is 72.9 Å². The average Bonchev–Trinajstić information content (AvgIpc) is 3.56.